The van der Waals surface area contributed by atoms with Gasteiger partial charge in [-0.1, -0.05) is 23.4 Å². The Morgan fingerprint density at radius 2 is 2.07 bits per heavy atom. The van der Waals surface area contributed by atoms with Crippen molar-refractivity contribution in [1.29, 1.82) is 0 Å². The van der Waals surface area contributed by atoms with Gasteiger partial charge in [-0.2, -0.15) is 0 Å². The first kappa shape index (κ1) is 12.5. The molecule has 1 aromatic carbocycles. The third-order valence-electron chi connectivity index (χ3n) is 1.55. The van der Waals surface area contributed by atoms with Crippen LogP contribution in [0.4, 0.5) is 4.39 Å². The zero-order chi connectivity index (χ0) is 11.6. The van der Waals surface area contributed by atoms with Gasteiger partial charge in [-0.15, -0.1) is 0 Å². The Balaban J connectivity index is 3.17. The van der Waals surface area contributed by atoms with Gasteiger partial charge in [-0.25, -0.2) is 4.39 Å². The van der Waals surface area contributed by atoms with E-state index in [0.29, 0.717) is 4.47 Å². The van der Waals surface area contributed by atoms with Crippen molar-refractivity contribution in [2.75, 3.05) is 0 Å². The van der Waals surface area contributed by atoms with Crippen molar-refractivity contribution in [2.24, 2.45) is 5.73 Å². The molecule has 1 rings (SSSR count). The highest BCUT2D eigenvalue weighted by Crippen LogP contribution is 2.27. The van der Waals surface area contributed by atoms with Crippen molar-refractivity contribution in [2.45, 2.75) is 19.4 Å². The molecule has 0 aliphatic rings. The molecule has 0 bridgehead atoms. The molecular formula is C11H10BrClFN. The van der Waals surface area contributed by atoms with Gasteiger partial charge in [0.15, 0.2) is 5.82 Å². The van der Waals surface area contributed by atoms with Crippen molar-refractivity contribution in [3.05, 3.63) is 33.0 Å². The molecule has 0 spiro atoms. The predicted molar refractivity (Wildman–Crippen MR) is 64.3 cm³/mol. The first-order chi connectivity index (χ1) is 6.81. The van der Waals surface area contributed by atoms with Crippen LogP contribution in [0.5, 0.6) is 0 Å². The normalized spacial score (nSPS) is 10.8. The molecule has 0 atom stereocenters. The molecule has 1 nitrogen and oxygen atoms in total. The summed E-state index contributed by atoms with van der Waals surface area (Å²) >= 11 is 8.84. The Morgan fingerprint density at radius 3 is 2.60 bits per heavy atom. The van der Waals surface area contributed by atoms with Gasteiger partial charge in [0, 0.05) is 4.47 Å². The maximum Gasteiger partial charge on any atom is 0.158 e. The lowest BCUT2D eigenvalue weighted by Gasteiger charge is -2.07. The molecular weight excluding hydrogens is 280 g/mol. The number of hydrogen-bond acceptors (Lipinski definition) is 1. The summed E-state index contributed by atoms with van der Waals surface area (Å²) in [5.74, 6) is 4.88. The van der Waals surface area contributed by atoms with Gasteiger partial charge in [0.25, 0.3) is 0 Å². The van der Waals surface area contributed by atoms with Crippen molar-refractivity contribution >= 4 is 27.5 Å². The molecule has 15 heavy (non-hydrogen) atoms. The third kappa shape index (κ3) is 3.49. The highest BCUT2D eigenvalue weighted by molar-refractivity contribution is 9.10. The number of rotatable bonds is 0. The second-order valence-corrected chi connectivity index (χ2v) is 4.93. The first-order valence-corrected chi connectivity index (χ1v) is 5.44. The van der Waals surface area contributed by atoms with Crippen molar-refractivity contribution in [3.8, 4) is 11.8 Å². The minimum absolute atomic E-state index is 0.0385. The maximum atomic E-state index is 13.5. The second-order valence-electron chi connectivity index (χ2n) is 3.69. The molecule has 0 amide bonds. The van der Waals surface area contributed by atoms with Gasteiger partial charge in [0.1, 0.15) is 0 Å². The lowest BCUT2D eigenvalue weighted by molar-refractivity contribution is 0.623. The van der Waals surface area contributed by atoms with E-state index in [1.54, 1.807) is 26.0 Å². The summed E-state index contributed by atoms with van der Waals surface area (Å²) in [5.41, 5.74) is 5.27. The molecule has 0 saturated heterocycles. The van der Waals surface area contributed by atoms with Crippen molar-refractivity contribution < 1.29 is 4.39 Å². The fraction of sp³-hybridized carbons (Fsp3) is 0.273. The monoisotopic (exact) mass is 289 g/mol. The highest BCUT2D eigenvalue weighted by Gasteiger charge is 2.09. The van der Waals surface area contributed by atoms with Gasteiger partial charge >= 0.3 is 0 Å². The summed E-state index contributed by atoms with van der Waals surface area (Å²) in [5, 5.41) is 0.0385. The quantitative estimate of drug-likeness (QED) is 0.575. The van der Waals surface area contributed by atoms with E-state index in [2.05, 4.69) is 27.8 Å². The van der Waals surface area contributed by atoms with Crippen LogP contribution in [-0.4, -0.2) is 5.54 Å². The summed E-state index contributed by atoms with van der Waals surface area (Å²) in [6, 6.07) is 3.21. The molecule has 4 heteroatoms. The SMILES string of the molecule is CC(C)(N)C#Cc1ccc(Br)c(Cl)c1F. The third-order valence-corrected chi connectivity index (χ3v) is 2.81. The zero-order valence-electron chi connectivity index (χ0n) is 8.37. The van der Waals surface area contributed by atoms with Gasteiger partial charge in [-0.3, -0.25) is 0 Å². The Hall–Kier alpha value is -0.560. The standard InChI is InChI=1S/C11H10BrClFN/c1-11(2,15)6-5-7-3-4-8(12)9(13)10(7)14/h3-4H,15H2,1-2H3. The summed E-state index contributed by atoms with van der Waals surface area (Å²) in [7, 11) is 0. The molecule has 80 valence electrons. The summed E-state index contributed by atoms with van der Waals surface area (Å²) in [6.07, 6.45) is 0. The summed E-state index contributed by atoms with van der Waals surface area (Å²) in [4.78, 5) is 0. The largest absolute Gasteiger partial charge is 0.316 e. The lowest BCUT2D eigenvalue weighted by Crippen LogP contribution is -2.29. The topological polar surface area (TPSA) is 26.0 Å². The van der Waals surface area contributed by atoms with E-state index in [1.807, 2.05) is 0 Å². The molecule has 0 aliphatic heterocycles. The number of benzene rings is 1. The van der Waals surface area contributed by atoms with Gasteiger partial charge < -0.3 is 5.73 Å². The van der Waals surface area contributed by atoms with E-state index in [-0.39, 0.29) is 10.6 Å². The minimum Gasteiger partial charge on any atom is -0.316 e. The fourth-order valence-corrected chi connectivity index (χ4v) is 1.32. The molecule has 0 aliphatic carbocycles. The van der Waals surface area contributed by atoms with Crippen LogP contribution < -0.4 is 5.73 Å². The fourth-order valence-electron chi connectivity index (χ4n) is 0.851. The van der Waals surface area contributed by atoms with E-state index in [9.17, 15) is 4.39 Å². The van der Waals surface area contributed by atoms with Crippen LogP contribution in [0.25, 0.3) is 0 Å². The van der Waals surface area contributed by atoms with E-state index >= 15 is 0 Å². The number of nitrogens with two attached hydrogens (primary N) is 1. The van der Waals surface area contributed by atoms with Gasteiger partial charge in [0.2, 0.25) is 0 Å². The van der Waals surface area contributed by atoms with E-state index in [1.165, 1.54) is 0 Å². The van der Waals surface area contributed by atoms with E-state index in [0.717, 1.165) is 0 Å². The lowest BCUT2D eigenvalue weighted by atomic mass is 10.1. The van der Waals surface area contributed by atoms with E-state index < -0.39 is 11.4 Å². The van der Waals surface area contributed by atoms with Crippen LogP contribution in [0.1, 0.15) is 19.4 Å². The average Bonchev–Trinajstić information content (AvgIpc) is 2.12. The highest BCUT2D eigenvalue weighted by atomic mass is 79.9. The van der Waals surface area contributed by atoms with Crippen LogP contribution in [-0.2, 0) is 0 Å². The van der Waals surface area contributed by atoms with Crippen LogP contribution >= 0.6 is 27.5 Å². The molecule has 0 fully saturated rings. The van der Waals surface area contributed by atoms with E-state index in [4.69, 9.17) is 17.3 Å². The molecule has 0 aromatic heterocycles. The second kappa shape index (κ2) is 4.52. The Bertz CT molecular complexity index is 440. The summed E-state index contributed by atoms with van der Waals surface area (Å²) < 4.78 is 14.0. The molecule has 0 saturated carbocycles. The molecule has 0 radical (unpaired) electrons. The summed E-state index contributed by atoms with van der Waals surface area (Å²) in [6.45, 7) is 3.50. The van der Waals surface area contributed by atoms with Crippen molar-refractivity contribution in [1.82, 2.24) is 0 Å². The first-order valence-electron chi connectivity index (χ1n) is 4.27. The van der Waals surface area contributed by atoms with Crippen LogP contribution in [0.2, 0.25) is 5.02 Å². The average molecular weight is 291 g/mol. The Kier molecular flexibility index (Phi) is 3.77. The zero-order valence-corrected chi connectivity index (χ0v) is 10.7. The van der Waals surface area contributed by atoms with Gasteiger partial charge in [0.05, 0.1) is 16.1 Å². The van der Waals surface area contributed by atoms with Crippen molar-refractivity contribution in [3.63, 3.8) is 0 Å². The molecule has 0 unspecified atom stereocenters. The molecule has 2 N–H and O–H groups in total. The Morgan fingerprint density at radius 1 is 1.47 bits per heavy atom. The number of hydrogen-bond donors (Lipinski definition) is 1. The molecule has 1 aromatic rings. The van der Waals surface area contributed by atoms with Gasteiger partial charge in [-0.05, 0) is 41.9 Å². The van der Waals surface area contributed by atoms with Crippen LogP contribution in [0.3, 0.4) is 0 Å². The Labute approximate surface area is 102 Å². The maximum absolute atomic E-state index is 13.5. The van der Waals surface area contributed by atoms with Crippen LogP contribution in [0.15, 0.2) is 16.6 Å². The number of halogens is 3. The minimum atomic E-state index is -0.647. The molecule has 0 heterocycles. The predicted octanol–water partition coefficient (Wildman–Crippen LogP) is 3.33. The smallest absolute Gasteiger partial charge is 0.158 e. The van der Waals surface area contributed by atoms with Crippen LogP contribution in [0, 0.1) is 17.7 Å².